The van der Waals surface area contributed by atoms with Crippen LogP contribution in [0.2, 0.25) is 0 Å². The second-order valence-electron chi connectivity index (χ2n) is 6.98. The van der Waals surface area contributed by atoms with E-state index >= 15 is 0 Å². The summed E-state index contributed by atoms with van der Waals surface area (Å²) in [4.78, 5) is 24.9. The summed E-state index contributed by atoms with van der Waals surface area (Å²) in [5, 5.41) is 0. The van der Waals surface area contributed by atoms with Gasteiger partial charge in [-0.05, 0) is 48.2 Å². The molecule has 6 nitrogen and oxygen atoms in total. The fourth-order valence-corrected chi connectivity index (χ4v) is 4.25. The number of nitrogen functional groups attached to an aromatic ring is 4. The highest BCUT2D eigenvalue weighted by Gasteiger charge is 2.45. The van der Waals surface area contributed by atoms with Crippen molar-refractivity contribution in [2.75, 3.05) is 22.9 Å². The highest BCUT2D eigenvalue weighted by atomic mass is 16.1. The van der Waals surface area contributed by atoms with E-state index in [9.17, 15) is 9.59 Å². The van der Waals surface area contributed by atoms with E-state index in [0.717, 1.165) is 11.1 Å². The lowest BCUT2D eigenvalue weighted by Crippen LogP contribution is -2.39. The van der Waals surface area contributed by atoms with Gasteiger partial charge in [0.05, 0.1) is 22.7 Å². The van der Waals surface area contributed by atoms with Gasteiger partial charge in [0.1, 0.15) is 0 Å². The predicted molar refractivity (Wildman–Crippen MR) is 98.4 cm³/mol. The summed E-state index contributed by atoms with van der Waals surface area (Å²) in [7, 11) is 0. The van der Waals surface area contributed by atoms with Crippen molar-refractivity contribution in [3.05, 3.63) is 46.5 Å². The topological polar surface area (TPSA) is 138 Å². The fraction of sp³-hybridized carbons (Fsp3) is 0.263. The summed E-state index contributed by atoms with van der Waals surface area (Å²) < 4.78 is 0. The van der Waals surface area contributed by atoms with Crippen LogP contribution in [0.1, 0.15) is 57.5 Å². The number of carbonyl (C=O) groups excluding carboxylic acids is 2. The Kier molecular flexibility index (Phi) is 3.09. The number of benzene rings is 2. The van der Waals surface area contributed by atoms with Crippen LogP contribution in [0.15, 0.2) is 24.3 Å². The van der Waals surface area contributed by atoms with E-state index in [1.165, 1.54) is 0 Å². The van der Waals surface area contributed by atoms with Crippen molar-refractivity contribution >= 4 is 34.3 Å². The molecule has 2 aliphatic rings. The number of hydrogen-bond donors (Lipinski definition) is 4. The lowest BCUT2D eigenvalue weighted by molar-refractivity contribution is 0.0932. The summed E-state index contributed by atoms with van der Waals surface area (Å²) in [6.07, 6.45) is 2.03. The second kappa shape index (κ2) is 4.99. The van der Waals surface area contributed by atoms with Gasteiger partial charge in [-0.1, -0.05) is 0 Å². The Morgan fingerprint density at radius 1 is 0.640 bits per heavy atom. The summed E-state index contributed by atoms with van der Waals surface area (Å²) >= 11 is 0. The van der Waals surface area contributed by atoms with Gasteiger partial charge in [0.2, 0.25) is 0 Å². The van der Waals surface area contributed by atoms with Gasteiger partial charge >= 0.3 is 0 Å². The van der Waals surface area contributed by atoms with E-state index in [-0.39, 0.29) is 11.6 Å². The zero-order chi connectivity index (χ0) is 17.9. The van der Waals surface area contributed by atoms with Gasteiger partial charge in [0.15, 0.2) is 11.6 Å². The van der Waals surface area contributed by atoms with Crippen LogP contribution < -0.4 is 22.9 Å². The van der Waals surface area contributed by atoms with Crippen molar-refractivity contribution in [2.45, 2.75) is 31.1 Å². The number of hydrogen-bond acceptors (Lipinski definition) is 6. The van der Waals surface area contributed by atoms with Crippen LogP contribution in [0, 0.1) is 0 Å². The first-order valence-corrected chi connectivity index (χ1v) is 8.29. The lowest BCUT2D eigenvalue weighted by Gasteiger charge is -2.43. The molecule has 128 valence electrons. The number of ketones is 2. The average molecular weight is 336 g/mol. The van der Waals surface area contributed by atoms with Crippen LogP contribution in [0.5, 0.6) is 0 Å². The van der Waals surface area contributed by atoms with E-state index in [1.54, 1.807) is 24.3 Å². The molecule has 2 aromatic carbocycles. The Balaban J connectivity index is 2.05. The van der Waals surface area contributed by atoms with Crippen LogP contribution in [0.25, 0.3) is 0 Å². The summed E-state index contributed by atoms with van der Waals surface area (Å²) in [5.41, 5.74) is 28.0. The van der Waals surface area contributed by atoms with Crippen molar-refractivity contribution in [1.29, 1.82) is 0 Å². The summed E-state index contributed by atoms with van der Waals surface area (Å²) in [5.74, 6) is 0.100. The van der Waals surface area contributed by atoms with Gasteiger partial charge < -0.3 is 22.9 Å². The van der Waals surface area contributed by atoms with E-state index in [0.29, 0.717) is 59.6 Å². The first kappa shape index (κ1) is 15.5. The first-order chi connectivity index (χ1) is 11.8. The molecule has 0 saturated carbocycles. The van der Waals surface area contributed by atoms with Crippen molar-refractivity contribution in [3.63, 3.8) is 0 Å². The molecule has 0 bridgehead atoms. The minimum Gasteiger partial charge on any atom is -0.397 e. The molecule has 0 atom stereocenters. The van der Waals surface area contributed by atoms with Crippen molar-refractivity contribution in [1.82, 2.24) is 0 Å². The molecule has 0 aromatic heterocycles. The summed E-state index contributed by atoms with van der Waals surface area (Å²) in [6.45, 7) is 0. The standard InChI is InChI=1S/C19H20N4O2/c20-13-5-9-11(7-15(13)22)19(3-1-17(9)24)4-2-18(25)10-6-14(21)16(23)8-12(10)19/h5-8H,1-4,20-23H2. The molecule has 4 rings (SSSR count). The molecular weight excluding hydrogens is 316 g/mol. The smallest absolute Gasteiger partial charge is 0.163 e. The largest absolute Gasteiger partial charge is 0.397 e. The van der Waals surface area contributed by atoms with E-state index in [1.807, 2.05) is 0 Å². The molecule has 2 aliphatic carbocycles. The molecule has 0 saturated heterocycles. The Morgan fingerprint density at radius 3 is 1.40 bits per heavy atom. The molecular formula is C19H20N4O2. The quantitative estimate of drug-likeness (QED) is 0.544. The van der Waals surface area contributed by atoms with E-state index < -0.39 is 5.41 Å². The van der Waals surface area contributed by atoms with Gasteiger partial charge in [-0.25, -0.2) is 0 Å². The SMILES string of the molecule is Nc1cc2c(cc1N)C1(CCC2=O)CCC(=O)c2cc(N)c(N)cc21. The van der Waals surface area contributed by atoms with Gasteiger partial charge in [0.25, 0.3) is 0 Å². The third-order valence-electron chi connectivity index (χ3n) is 5.64. The molecule has 0 fully saturated rings. The average Bonchev–Trinajstić information content (AvgIpc) is 2.58. The van der Waals surface area contributed by atoms with E-state index in [4.69, 9.17) is 22.9 Å². The lowest BCUT2D eigenvalue weighted by atomic mass is 9.59. The normalized spacial score (nSPS) is 18.1. The second-order valence-corrected chi connectivity index (χ2v) is 6.98. The van der Waals surface area contributed by atoms with Gasteiger partial charge in [-0.2, -0.15) is 0 Å². The maximum atomic E-state index is 12.5. The molecule has 25 heavy (non-hydrogen) atoms. The number of nitrogens with two attached hydrogens (primary N) is 4. The predicted octanol–water partition coefficient (Wildman–Crippen LogP) is 2.25. The van der Waals surface area contributed by atoms with E-state index in [2.05, 4.69) is 0 Å². The third kappa shape index (κ3) is 2.03. The highest BCUT2D eigenvalue weighted by Crippen LogP contribution is 2.51. The maximum absolute atomic E-state index is 12.5. The van der Waals surface area contributed by atoms with Gasteiger partial charge in [0, 0.05) is 29.4 Å². The Morgan fingerprint density at radius 2 is 1.00 bits per heavy atom. The summed E-state index contributed by atoms with van der Waals surface area (Å²) in [6, 6.07) is 6.89. The number of carbonyl (C=O) groups is 2. The maximum Gasteiger partial charge on any atom is 0.163 e. The molecule has 2 aromatic rings. The zero-order valence-electron chi connectivity index (χ0n) is 13.8. The third-order valence-corrected chi connectivity index (χ3v) is 5.64. The van der Waals surface area contributed by atoms with Crippen molar-refractivity contribution in [2.24, 2.45) is 0 Å². The zero-order valence-corrected chi connectivity index (χ0v) is 13.8. The number of Topliss-reactive ketones (excluding diaryl/α,β-unsaturated/α-hetero) is 2. The van der Waals surface area contributed by atoms with Gasteiger partial charge in [-0.3, -0.25) is 9.59 Å². The van der Waals surface area contributed by atoms with Crippen LogP contribution >= 0.6 is 0 Å². The molecule has 0 aliphatic heterocycles. The van der Waals surface area contributed by atoms with Crippen LogP contribution in [0.3, 0.4) is 0 Å². The minimum atomic E-state index is -0.462. The molecule has 8 N–H and O–H groups in total. The molecule has 0 radical (unpaired) electrons. The number of rotatable bonds is 0. The van der Waals surface area contributed by atoms with Crippen LogP contribution in [-0.2, 0) is 5.41 Å². The van der Waals surface area contributed by atoms with Crippen LogP contribution in [0.4, 0.5) is 22.7 Å². The monoisotopic (exact) mass is 336 g/mol. The van der Waals surface area contributed by atoms with Crippen molar-refractivity contribution < 1.29 is 9.59 Å². The minimum absolute atomic E-state index is 0.0502. The van der Waals surface area contributed by atoms with Crippen molar-refractivity contribution in [3.8, 4) is 0 Å². The fourth-order valence-electron chi connectivity index (χ4n) is 4.25. The molecule has 0 amide bonds. The van der Waals surface area contributed by atoms with Crippen LogP contribution in [-0.4, -0.2) is 11.6 Å². The molecule has 1 spiro atoms. The van der Waals surface area contributed by atoms with Gasteiger partial charge in [-0.15, -0.1) is 0 Å². The highest BCUT2D eigenvalue weighted by molar-refractivity contribution is 6.04. The Labute approximate surface area is 145 Å². The molecule has 6 heteroatoms. The Bertz CT molecular complexity index is 871. The number of fused-ring (bicyclic) bond motifs is 4. The molecule has 0 heterocycles. The first-order valence-electron chi connectivity index (χ1n) is 8.29. The molecule has 0 unspecified atom stereocenters. The number of anilines is 4. The Hall–Kier alpha value is -3.02.